The molecule has 1 aromatic carbocycles. The summed E-state index contributed by atoms with van der Waals surface area (Å²) in [5.74, 6) is -0.114. The summed E-state index contributed by atoms with van der Waals surface area (Å²) >= 11 is 6.64. The zero-order chi connectivity index (χ0) is 15.4. The predicted octanol–water partition coefficient (Wildman–Crippen LogP) is 4.14. The molecule has 1 fully saturated rings. The number of benzene rings is 1. The number of alkyl halides is 1. The number of likely N-dealkylation sites (tertiary alicyclic amines) is 1. The highest BCUT2D eigenvalue weighted by Crippen LogP contribution is 2.27. The minimum atomic E-state index is -0.478. The van der Waals surface area contributed by atoms with Gasteiger partial charge in [-0.1, -0.05) is 31.9 Å². The molecule has 5 nitrogen and oxygen atoms in total. The fraction of sp³-hybridized carbons (Fsp3) is 0.500. The molecule has 0 aliphatic carbocycles. The van der Waals surface area contributed by atoms with E-state index in [0.29, 0.717) is 10.0 Å². The summed E-state index contributed by atoms with van der Waals surface area (Å²) in [6.07, 6.45) is 3.99. The van der Waals surface area contributed by atoms with Gasteiger partial charge in [0, 0.05) is 40.1 Å². The molecule has 0 bridgehead atoms. The highest BCUT2D eigenvalue weighted by Gasteiger charge is 2.29. The van der Waals surface area contributed by atoms with Gasteiger partial charge in [0.05, 0.1) is 4.92 Å². The number of carbonyl (C=O) groups excluding carboxylic acids is 1. The van der Waals surface area contributed by atoms with Crippen LogP contribution in [0.3, 0.4) is 0 Å². The zero-order valence-corrected chi connectivity index (χ0v) is 14.6. The van der Waals surface area contributed by atoms with Gasteiger partial charge in [-0.25, -0.2) is 0 Å². The molecule has 1 aromatic rings. The molecule has 2 rings (SSSR count). The van der Waals surface area contributed by atoms with Crippen LogP contribution in [0, 0.1) is 10.1 Å². The van der Waals surface area contributed by atoms with Crippen molar-refractivity contribution < 1.29 is 9.72 Å². The maximum absolute atomic E-state index is 12.6. The Morgan fingerprint density at radius 3 is 2.86 bits per heavy atom. The summed E-state index contributed by atoms with van der Waals surface area (Å²) in [6.45, 7) is 0.728. The third-order valence-electron chi connectivity index (χ3n) is 3.65. The van der Waals surface area contributed by atoms with E-state index in [1.54, 1.807) is 6.07 Å². The molecule has 0 saturated carbocycles. The Bertz CT molecular complexity index is 551. The number of nitro benzene ring substituents is 1. The maximum Gasteiger partial charge on any atom is 0.271 e. The van der Waals surface area contributed by atoms with Crippen LogP contribution in [0.1, 0.15) is 36.0 Å². The molecule has 1 saturated heterocycles. The molecule has 7 heteroatoms. The van der Waals surface area contributed by atoms with Crippen molar-refractivity contribution in [3.8, 4) is 0 Å². The van der Waals surface area contributed by atoms with Crippen LogP contribution in [0.25, 0.3) is 0 Å². The molecule has 1 aliphatic heterocycles. The average molecular weight is 420 g/mol. The summed E-state index contributed by atoms with van der Waals surface area (Å²) in [4.78, 5) is 24.9. The smallest absolute Gasteiger partial charge is 0.271 e. The second kappa shape index (κ2) is 7.35. The molecule has 1 unspecified atom stereocenters. The molecule has 1 atom stereocenters. The molecule has 0 N–H and O–H groups in total. The van der Waals surface area contributed by atoms with Gasteiger partial charge >= 0.3 is 0 Å². The van der Waals surface area contributed by atoms with Gasteiger partial charge in [0.15, 0.2) is 0 Å². The van der Waals surface area contributed by atoms with Crippen molar-refractivity contribution >= 4 is 43.5 Å². The van der Waals surface area contributed by atoms with E-state index in [0.717, 1.165) is 37.6 Å². The third kappa shape index (κ3) is 4.03. The Morgan fingerprint density at radius 1 is 1.43 bits per heavy atom. The van der Waals surface area contributed by atoms with E-state index in [9.17, 15) is 14.9 Å². The molecule has 1 amide bonds. The minimum Gasteiger partial charge on any atom is -0.336 e. The first-order valence-corrected chi connectivity index (χ1v) is 8.76. The van der Waals surface area contributed by atoms with E-state index in [-0.39, 0.29) is 17.6 Å². The van der Waals surface area contributed by atoms with E-state index >= 15 is 0 Å². The van der Waals surface area contributed by atoms with Gasteiger partial charge < -0.3 is 4.90 Å². The van der Waals surface area contributed by atoms with Crippen LogP contribution < -0.4 is 0 Å². The molecule has 114 valence electrons. The zero-order valence-electron chi connectivity index (χ0n) is 11.4. The monoisotopic (exact) mass is 418 g/mol. The highest BCUT2D eigenvalue weighted by atomic mass is 79.9. The summed E-state index contributed by atoms with van der Waals surface area (Å²) in [6, 6.07) is 4.65. The lowest BCUT2D eigenvalue weighted by atomic mass is 10.1. The van der Waals surface area contributed by atoms with E-state index in [1.807, 2.05) is 4.90 Å². The summed E-state index contributed by atoms with van der Waals surface area (Å²) < 4.78 is 0.552. The predicted molar refractivity (Wildman–Crippen MR) is 87.9 cm³/mol. The van der Waals surface area contributed by atoms with Crippen molar-refractivity contribution in [3.63, 3.8) is 0 Å². The van der Waals surface area contributed by atoms with Crippen LogP contribution in [0.4, 0.5) is 5.69 Å². The molecule has 0 spiro atoms. The number of non-ortho nitro benzene ring substituents is 1. The van der Waals surface area contributed by atoms with Gasteiger partial charge in [-0.05, 0) is 31.7 Å². The standard InChI is InChI=1S/C14H16Br2N2O3/c15-5-1-3-12-4-2-6-17(12)14(19)10-7-11(16)9-13(8-10)18(20)21/h7-9,12H,1-6H2. The summed E-state index contributed by atoms with van der Waals surface area (Å²) in [5.41, 5.74) is 0.311. The molecule has 0 aromatic heterocycles. The Labute approximate surface area is 140 Å². The lowest BCUT2D eigenvalue weighted by Crippen LogP contribution is -2.35. The van der Waals surface area contributed by atoms with Crippen LogP contribution >= 0.6 is 31.9 Å². The normalized spacial score (nSPS) is 18.0. The average Bonchev–Trinajstić information content (AvgIpc) is 2.91. The first kappa shape index (κ1) is 16.4. The van der Waals surface area contributed by atoms with Crippen LogP contribution in [-0.4, -0.2) is 33.6 Å². The van der Waals surface area contributed by atoms with Crippen LogP contribution in [0.2, 0.25) is 0 Å². The molecule has 1 heterocycles. The Morgan fingerprint density at radius 2 is 2.19 bits per heavy atom. The SMILES string of the molecule is O=C(c1cc(Br)cc([N+](=O)[O-])c1)N1CCCC1CCCBr. The second-order valence-corrected chi connectivity index (χ2v) is 6.79. The lowest BCUT2D eigenvalue weighted by molar-refractivity contribution is -0.385. The second-order valence-electron chi connectivity index (χ2n) is 5.08. The van der Waals surface area contributed by atoms with Crippen molar-refractivity contribution in [1.29, 1.82) is 0 Å². The lowest BCUT2D eigenvalue weighted by Gasteiger charge is -2.24. The van der Waals surface area contributed by atoms with Crippen LogP contribution in [-0.2, 0) is 0 Å². The number of hydrogen-bond donors (Lipinski definition) is 0. The van der Waals surface area contributed by atoms with Crippen molar-refractivity contribution in [3.05, 3.63) is 38.3 Å². The van der Waals surface area contributed by atoms with Crippen LogP contribution in [0.5, 0.6) is 0 Å². The van der Waals surface area contributed by atoms with Crippen molar-refractivity contribution in [2.45, 2.75) is 31.7 Å². The Kier molecular flexibility index (Phi) is 5.75. The van der Waals surface area contributed by atoms with Gasteiger partial charge in [0.1, 0.15) is 0 Å². The van der Waals surface area contributed by atoms with E-state index < -0.39 is 4.92 Å². The van der Waals surface area contributed by atoms with Gasteiger partial charge in [0.2, 0.25) is 0 Å². The van der Waals surface area contributed by atoms with E-state index in [1.165, 1.54) is 12.1 Å². The fourth-order valence-electron chi connectivity index (χ4n) is 2.68. The Balaban J connectivity index is 2.21. The molecule has 0 radical (unpaired) electrons. The molecular weight excluding hydrogens is 404 g/mol. The van der Waals surface area contributed by atoms with E-state index in [4.69, 9.17) is 0 Å². The summed E-state index contributed by atoms with van der Waals surface area (Å²) in [5, 5.41) is 11.8. The quantitative estimate of drug-likeness (QED) is 0.409. The highest BCUT2D eigenvalue weighted by molar-refractivity contribution is 9.10. The summed E-state index contributed by atoms with van der Waals surface area (Å²) in [7, 11) is 0. The van der Waals surface area contributed by atoms with Crippen molar-refractivity contribution in [2.75, 3.05) is 11.9 Å². The van der Waals surface area contributed by atoms with Crippen LogP contribution in [0.15, 0.2) is 22.7 Å². The molecule has 1 aliphatic rings. The van der Waals surface area contributed by atoms with Gasteiger partial charge in [0.25, 0.3) is 11.6 Å². The number of amides is 1. The van der Waals surface area contributed by atoms with Gasteiger partial charge in [-0.3, -0.25) is 14.9 Å². The number of nitrogens with zero attached hydrogens (tertiary/aromatic N) is 2. The number of nitro groups is 1. The van der Waals surface area contributed by atoms with Crippen molar-refractivity contribution in [2.24, 2.45) is 0 Å². The minimum absolute atomic E-state index is 0.0658. The molecular formula is C14H16Br2N2O3. The van der Waals surface area contributed by atoms with E-state index in [2.05, 4.69) is 31.9 Å². The molecule has 21 heavy (non-hydrogen) atoms. The number of carbonyl (C=O) groups is 1. The third-order valence-corrected chi connectivity index (χ3v) is 4.67. The maximum atomic E-state index is 12.6. The number of rotatable bonds is 5. The first-order chi connectivity index (χ1) is 10.0. The number of halogens is 2. The largest absolute Gasteiger partial charge is 0.336 e. The van der Waals surface area contributed by atoms with Gasteiger partial charge in [-0.2, -0.15) is 0 Å². The van der Waals surface area contributed by atoms with Crippen molar-refractivity contribution in [1.82, 2.24) is 4.90 Å². The topological polar surface area (TPSA) is 63.4 Å². The Hall–Kier alpha value is -0.950. The number of hydrogen-bond acceptors (Lipinski definition) is 3. The van der Waals surface area contributed by atoms with Gasteiger partial charge in [-0.15, -0.1) is 0 Å². The first-order valence-electron chi connectivity index (χ1n) is 6.85. The fourth-order valence-corrected chi connectivity index (χ4v) is 3.49.